The van der Waals surface area contributed by atoms with Gasteiger partial charge in [-0.3, -0.25) is 4.90 Å². The van der Waals surface area contributed by atoms with E-state index < -0.39 is 0 Å². The summed E-state index contributed by atoms with van der Waals surface area (Å²) >= 11 is 0. The van der Waals surface area contributed by atoms with Crippen molar-refractivity contribution in [3.8, 4) is 5.75 Å². The van der Waals surface area contributed by atoms with Crippen LogP contribution in [-0.4, -0.2) is 42.4 Å². The first kappa shape index (κ1) is 13.4. The van der Waals surface area contributed by atoms with E-state index in [4.69, 9.17) is 4.74 Å². The van der Waals surface area contributed by atoms with E-state index in [9.17, 15) is 5.11 Å². The molecule has 1 saturated heterocycles. The molecule has 3 heteroatoms. The van der Waals surface area contributed by atoms with Crippen LogP contribution in [0.15, 0.2) is 24.3 Å². The summed E-state index contributed by atoms with van der Waals surface area (Å²) in [5, 5.41) is 9.82. The van der Waals surface area contributed by atoms with E-state index in [1.165, 1.54) is 5.56 Å². The van der Waals surface area contributed by atoms with E-state index >= 15 is 0 Å². The lowest BCUT2D eigenvalue weighted by Crippen LogP contribution is -2.44. The molecule has 1 fully saturated rings. The number of likely N-dealkylation sites (tertiary alicyclic amines) is 1. The van der Waals surface area contributed by atoms with Crippen molar-refractivity contribution in [3.63, 3.8) is 0 Å². The number of aliphatic hydroxyl groups is 1. The molecular formula is C15H23NO2. The number of aliphatic hydroxyl groups excluding tert-OH is 1. The van der Waals surface area contributed by atoms with Gasteiger partial charge in [-0.05, 0) is 43.5 Å². The summed E-state index contributed by atoms with van der Waals surface area (Å²) in [5.41, 5.74) is 1.22. The summed E-state index contributed by atoms with van der Waals surface area (Å²) in [6.45, 7) is 7.59. The number of hydrogen-bond donors (Lipinski definition) is 1. The predicted molar refractivity (Wildman–Crippen MR) is 72.9 cm³/mol. The van der Waals surface area contributed by atoms with Crippen molar-refractivity contribution in [2.24, 2.45) is 5.92 Å². The first-order chi connectivity index (χ1) is 8.65. The summed E-state index contributed by atoms with van der Waals surface area (Å²) < 4.78 is 5.73. The van der Waals surface area contributed by atoms with Crippen LogP contribution < -0.4 is 4.74 Å². The van der Waals surface area contributed by atoms with Crippen LogP contribution in [0.3, 0.4) is 0 Å². The molecule has 1 aromatic carbocycles. The zero-order chi connectivity index (χ0) is 13.0. The van der Waals surface area contributed by atoms with Crippen LogP contribution in [0.2, 0.25) is 0 Å². The maximum absolute atomic E-state index is 9.82. The van der Waals surface area contributed by atoms with Crippen LogP contribution >= 0.6 is 0 Å². The van der Waals surface area contributed by atoms with Crippen molar-refractivity contribution in [1.29, 1.82) is 0 Å². The number of aryl methyl sites for hydroxylation is 1. The Balaban J connectivity index is 1.72. The molecule has 0 bridgehead atoms. The van der Waals surface area contributed by atoms with Crippen molar-refractivity contribution in [3.05, 3.63) is 29.8 Å². The molecule has 18 heavy (non-hydrogen) atoms. The minimum atomic E-state index is -0.183. The van der Waals surface area contributed by atoms with Gasteiger partial charge in [-0.25, -0.2) is 0 Å². The van der Waals surface area contributed by atoms with Crippen LogP contribution in [-0.2, 0) is 0 Å². The van der Waals surface area contributed by atoms with E-state index in [0.717, 1.165) is 31.8 Å². The summed E-state index contributed by atoms with van der Waals surface area (Å²) in [7, 11) is 0. The van der Waals surface area contributed by atoms with Crippen LogP contribution in [0.1, 0.15) is 18.9 Å². The second kappa shape index (κ2) is 6.21. The first-order valence-electron chi connectivity index (χ1n) is 6.75. The number of piperidine rings is 1. The van der Waals surface area contributed by atoms with Gasteiger partial charge < -0.3 is 9.84 Å². The number of rotatable bonds is 4. The summed E-state index contributed by atoms with van der Waals surface area (Å²) in [4.78, 5) is 2.28. The molecule has 0 spiro atoms. The van der Waals surface area contributed by atoms with Gasteiger partial charge in [0.25, 0.3) is 0 Å². The van der Waals surface area contributed by atoms with Crippen molar-refractivity contribution in [2.45, 2.75) is 26.4 Å². The lowest BCUT2D eigenvalue weighted by atomic mass is 9.96. The molecule has 2 atom stereocenters. The van der Waals surface area contributed by atoms with E-state index in [1.807, 2.05) is 18.2 Å². The maximum atomic E-state index is 9.82. The fourth-order valence-electron chi connectivity index (χ4n) is 2.32. The zero-order valence-corrected chi connectivity index (χ0v) is 11.3. The fourth-order valence-corrected chi connectivity index (χ4v) is 2.32. The molecule has 0 amide bonds. The molecule has 1 N–H and O–H groups in total. The molecule has 0 aliphatic carbocycles. The zero-order valence-electron chi connectivity index (χ0n) is 11.3. The summed E-state index contributed by atoms with van der Waals surface area (Å²) in [6, 6.07) is 8.11. The van der Waals surface area contributed by atoms with Crippen LogP contribution in [0, 0.1) is 12.8 Å². The Kier molecular flexibility index (Phi) is 4.61. The van der Waals surface area contributed by atoms with Crippen LogP contribution in [0.5, 0.6) is 5.75 Å². The highest BCUT2D eigenvalue weighted by molar-refractivity contribution is 5.27. The van der Waals surface area contributed by atoms with E-state index in [-0.39, 0.29) is 6.10 Å². The Morgan fingerprint density at radius 1 is 1.44 bits per heavy atom. The molecular weight excluding hydrogens is 226 g/mol. The van der Waals surface area contributed by atoms with Gasteiger partial charge in [0, 0.05) is 13.1 Å². The minimum Gasteiger partial charge on any atom is -0.492 e. The normalized spacial score (nSPS) is 25.1. The molecule has 3 nitrogen and oxygen atoms in total. The molecule has 1 aliphatic rings. The number of hydrogen-bond acceptors (Lipinski definition) is 3. The van der Waals surface area contributed by atoms with Crippen LogP contribution in [0.4, 0.5) is 0 Å². The molecule has 2 unspecified atom stereocenters. The van der Waals surface area contributed by atoms with Gasteiger partial charge in [0.2, 0.25) is 0 Å². The van der Waals surface area contributed by atoms with Gasteiger partial charge in [0.15, 0.2) is 0 Å². The standard InChI is InChI=1S/C15H23NO2/c1-12-4-3-5-14(10-12)18-9-8-16-7-6-13(2)15(17)11-16/h3-5,10,13,15,17H,6-9,11H2,1-2H3. The Hall–Kier alpha value is -1.06. The van der Waals surface area contributed by atoms with Gasteiger partial charge in [-0.1, -0.05) is 19.1 Å². The first-order valence-corrected chi connectivity index (χ1v) is 6.75. The highest BCUT2D eigenvalue weighted by atomic mass is 16.5. The molecule has 1 heterocycles. The SMILES string of the molecule is Cc1cccc(OCCN2CCC(C)C(O)C2)c1. The predicted octanol–water partition coefficient (Wildman–Crippen LogP) is 2.08. The lowest BCUT2D eigenvalue weighted by molar-refractivity contribution is 0.0244. The average Bonchev–Trinajstić information content (AvgIpc) is 2.34. The Morgan fingerprint density at radius 2 is 2.28 bits per heavy atom. The highest BCUT2D eigenvalue weighted by Crippen LogP contribution is 2.17. The third kappa shape index (κ3) is 3.72. The molecule has 2 rings (SSSR count). The fraction of sp³-hybridized carbons (Fsp3) is 0.600. The number of ether oxygens (including phenoxy) is 1. The Bertz CT molecular complexity index is 381. The van der Waals surface area contributed by atoms with Crippen molar-refractivity contribution >= 4 is 0 Å². The second-order valence-corrected chi connectivity index (χ2v) is 5.30. The Labute approximate surface area is 109 Å². The number of benzene rings is 1. The maximum Gasteiger partial charge on any atom is 0.119 e. The second-order valence-electron chi connectivity index (χ2n) is 5.30. The smallest absolute Gasteiger partial charge is 0.119 e. The monoisotopic (exact) mass is 249 g/mol. The van der Waals surface area contributed by atoms with Gasteiger partial charge in [0.05, 0.1) is 6.10 Å². The van der Waals surface area contributed by atoms with Crippen molar-refractivity contribution < 1.29 is 9.84 Å². The topological polar surface area (TPSA) is 32.7 Å². The van der Waals surface area contributed by atoms with Crippen molar-refractivity contribution in [2.75, 3.05) is 26.2 Å². The summed E-state index contributed by atoms with van der Waals surface area (Å²) in [6.07, 6.45) is 0.892. The average molecular weight is 249 g/mol. The van der Waals surface area contributed by atoms with E-state index in [0.29, 0.717) is 12.5 Å². The van der Waals surface area contributed by atoms with Gasteiger partial charge >= 0.3 is 0 Å². The van der Waals surface area contributed by atoms with Gasteiger partial charge in [-0.15, -0.1) is 0 Å². The van der Waals surface area contributed by atoms with Crippen LogP contribution in [0.25, 0.3) is 0 Å². The van der Waals surface area contributed by atoms with Gasteiger partial charge in [-0.2, -0.15) is 0 Å². The quantitative estimate of drug-likeness (QED) is 0.886. The number of β-amino-alcohol motifs (C(OH)–C–C–N with tert-alkyl or cyclic N) is 1. The molecule has 0 radical (unpaired) electrons. The lowest BCUT2D eigenvalue weighted by Gasteiger charge is -2.34. The highest BCUT2D eigenvalue weighted by Gasteiger charge is 2.23. The molecule has 0 aromatic heterocycles. The minimum absolute atomic E-state index is 0.183. The third-order valence-electron chi connectivity index (χ3n) is 3.67. The van der Waals surface area contributed by atoms with Gasteiger partial charge in [0.1, 0.15) is 12.4 Å². The molecule has 100 valence electrons. The molecule has 1 aliphatic heterocycles. The Morgan fingerprint density at radius 3 is 3.00 bits per heavy atom. The summed E-state index contributed by atoms with van der Waals surface area (Å²) in [5.74, 6) is 1.36. The molecule has 0 saturated carbocycles. The van der Waals surface area contributed by atoms with E-state index in [2.05, 4.69) is 24.8 Å². The van der Waals surface area contributed by atoms with E-state index in [1.54, 1.807) is 0 Å². The molecule has 1 aromatic rings. The van der Waals surface area contributed by atoms with Crippen molar-refractivity contribution in [1.82, 2.24) is 4.90 Å². The largest absolute Gasteiger partial charge is 0.492 e. The number of nitrogens with zero attached hydrogens (tertiary/aromatic N) is 1. The third-order valence-corrected chi connectivity index (χ3v) is 3.67.